The van der Waals surface area contributed by atoms with Crippen LogP contribution in [-0.2, 0) is 0 Å². The second kappa shape index (κ2) is 11.8. The molecule has 0 fully saturated rings. The molecule has 0 atom stereocenters. The van der Waals surface area contributed by atoms with E-state index in [0.717, 1.165) is 21.9 Å². The van der Waals surface area contributed by atoms with E-state index < -0.39 is 164 Å². The smallest absolute Gasteiger partial charge is 0.136 e. The molecule has 11 aromatic rings. The number of benzene rings is 10. The summed E-state index contributed by atoms with van der Waals surface area (Å²) in [6.45, 7) is 0. The molecule has 0 aliphatic heterocycles. The summed E-state index contributed by atoms with van der Waals surface area (Å²) in [5.74, 6) is 0. The number of furan rings is 1. The fraction of sp³-hybridized carbons (Fsp3) is 0. The summed E-state index contributed by atoms with van der Waals surface area (Å²) in [7, 11) is 0. The summed E-state index contributed by atoms with van der Waals surface area (Å²) in [5.41, 5.74) is 0.101. The zero-order chi connectivity index (χ0) is 51.4. The quantitative estimate of drug-likeness (QED) is 0.167. The molecule has 0 spiro atoms. The van der Waals surface area contributed by atoms with Crippen molar-refractivity contribution in [2.75, 3.05) is 0 Å². The Balaban J connectivity index is 1.39. The van der Waals surface area contributed by atoms with Crippen molar-refractivity contribution in [2.45, 2.75) is 0 Å². The van der Waals surface area contributed by atoms with Gasteiger partial charge in [0.1, 0.15) is 11.2 Å². The molecule has 0 saturated carbocycles. The molecule has 0 bridgehead atoms. The van der Waals surface area contributed by atoms with E-state index in [9.17, 15) is 11.0 Å². The summed E-state index contributed by atoms with van der Waals surface area (Å²) < 4.78 is 181. The van der Waals surface area contributed by atoms with Gasteiger partial charge in [-0.05, 0) is 106 Å². The molecule has 0 N–H and O–H groups in total. The Bertz CT molecular complexity index is 4220. The highest BCUT2D eigenvalue weighted by molar-refractivity contribution is 6.25. The van der Waals surface area contributed by atoms with Crippen molar-refractivity contribution in [2.24, 2.45) is 0 Å². The lowest BCUT2D eigenvalue weighted by molar-refractivity contribution is 0.669. The first kappa shape index (κ1) is 16.6. The standard InChI is InChI=1S/C52H32O/c1-2-15-34(16-3-1)49-42-20-8-10-22-44(42)50(45-23-11-9-21-43(45)49)46-31-30-40(38-18-6-7-19-39(38)46)41-25-13-27-48-52(41)51-37(24-12-26-47(51)53-48)36-29-28-33-14-4-5-17-35(33)32-36/h1-32H/i1D,2D,3D,6D,7D,8D,9D,10D,11D,15D,16D,18D,19D,20D,21D,22D,23D,30D,31D. The van der Waals surface area contributed by atoms with Crippen LogP contribution >= 0.6 is 0 Å². The number of fused-ring (bicyclic) bond motifs is 7. The van der Waals surface area contributed by atoms with Crippen molar-refractivity contribution in [3.63, 3.8) is 0 Å². The molecule has 53 heavy (non-hydrogen) atoms. The van der Waals surface area contributed by atoms with Crippen LogP contribution in [0.1, 0.15) is 26.0 Å². The van der Waals surface area contributed by atoms with Gasteiger partial charge in [-0.15, -0.1) is 0 Å². The highest BCUT2D eigenvalue weighted by Gasteiger charge is 2.21. The second-order valence-electron chi connectivity index (χ2n) is 12.5. The van der Waals surface area contributed by atoms with E-state index in [4.69, 9.17) is 19.5 Å². The molecule has 0 radical (unpaired) electrons. The fourth-order valence-electron chi connectivity index (χ4n) is 7.50. The molecule has 11 rings (SSSR count). The van der Waals surface area contributed by atoms with Crippen LogP contribution < -0.4 is 0 Å². The number of rotatable bonds is 4. The maximum absolute atomic E-state index is 10.1. The van der Waals surface area contributed by atoms with E-state index >= 15 is 0 Å². The zero-order valence-corrected chi connectivity index (χ0v) is 27.4. The Morgan fingerprint density at radius 3 is 1.55 bits per heavy atom. The SMILES string of the molecule is [2H]c1c([2H])c([2H])c(-c2c3c([2H])c([2H])c([2H])c([2H])c3c(-c3c([2H])c([2H])c(-c4cccc5oc6cccc(-c7ccc8ccccc8c7)c6c45)c4c([2H])c([2H])c([2H])c([2H])c34)c3c([2H])c([2H])c([2H])c([2H])c23)c([2H])c1[2H]. The molecule has 0 aliphatic carbocycles. The molecule has 1 aromatic heterocycles. The minimum atomic E-state index is -0.873. The van der Waals surface area contributed by atoms with E-state index in [1.54, 1.807) is 24.3 Å². The van der Waals surface area contributed by atoms with Crippen molar-refractivity contribution in [1.82, 2.24) is 0 Å². The van der Waals surface area contributed by atoms with E-state index in [1.807, 2.05) is 54.6 Å². The molecule has 1 heteroatoms. The average Bonchev–Trinajstić information content (AvgIpc) is 3.78. The van der Waals surface area contributed by atoms with Crippen LogP contribution in [0, 0.1) is 0 Å². The van der Waals surface area contributed by atoms with Crippen LogP contribution in [0.2, 0.25) is 0 Å². The van der Waals surface area contributed by atoms with Crippen LogP contribution in [0.25, 0.3) is 110 Å². The first-order valence-electron chi connectivity index (χ1n) is 26.2. The molecule has 10 aromatic carbocycles. The first-order valence-corrected chi connectivity index (χ1v) is 16.7. The third-order valence-electron chi connectivity index (χ3n) is 9.73. The molecular formula is C52H32O. The summed E-state index contributed by atoms with van der Waals surface area (Å²) >= 11 is 0. The molecular weight excluding hydrogens is 641 g/mol. The predicted molar refractivity (Wildman–Crippen MR) is 225 cm³/mol. The molecule has 0 aliphatic rings. The monoisotopic (exact) mass is 691 g/mol. The number of hydrogen-bond acceptors (Lipinski definition) is 1. The van der Waals surface area contributed by atoms with Gasteiger partial charge >= 0.3 is 0 Å². The van der Waals surface area contributed by atoms with E-state index in [2.05, 4.69) is 0 Å². The Morgan fingerprint density at radius 2 is 0.868 bits per heavy atom. The van der Waals surface area contributed by atoms with Gasteiger partial charge in [0.25, 0.3) is 0 Å². The lowest BCUT2D eigenvalue weighted by atomic mass is 9.83. The Hall–Kier alpha value is -6.96. The third-order valence-corrected chi connectivity index (χ3v) is 9.73. The van der Waals surface area contributed by atoms with Gasteiger partial charge in [0.15, 0.2) is 0 Å². The van der Waals surface area contributed by atoms with Crippen LogP contribution in [0.3, 0.4) is 0 Å². The van der Waals surface area contributed by atoms with Gasteiger partial charge in [0.2, 0.25) is 0 Å². The van der Waals surface area contributed by atoms with Crippen molar-refractivity contribution in [1.29, 1.82) is 0 Å². The highest BCUT2D eigenvalue weighted by atomic mass is 16.3. The van der Waals surface area contributed by atoms with Crippen LogP contribution in [0.15, 0.2) is 198 Å². The molecule has 1 heterocycles. The lowest BCUT2D eigenvalue weighted by Gasteiger charge is -2.20. The summed E-state index contributed by atoms with van der Waals surface area (Å²) in [4.78, 5) is 0. The normalized spacial score (nSPS) is 16.8. The van der Waals surface area contributed by atoms with Crippen molar-refractivity contribution in [3.05, 3.63) is 194 Å². The van der Waals surface area contributed by atoms with Crippen molar-refractivity contribution >= 4 is 65.0 Å². The largest absolute Gasteiger partial charge is 0.456 e. The highest BCUT2D eigenvalue weighted by Crippen LogP contribution is 2.48. The Morgan fingerprint density at radius 1 is 0.340 bits per heavy atom. The van der Waals surface area contributed by atoms with Crippen LogP contribution in [-0.4, -0.2) is 0 Å². The molecule has 246 valence electrons. The maximum Gasteiger partial charge on any atom is 0.136 e. The van der Waals surface area contributed by atoms with E-state index in [1.165, 1.54) is 0 Å². The Kier molecular flexibility index (Phi) is 3.69. The number of hydrogen-bond donors (Lipinski definition) is 0. The lowest BCUT2D eigenvalue weighted by Crippen LogP contribution is -1.92. The minimum Gasteiger partial charge on any atom is -0.456 e. The molecule has 0 amide bonds. The van der Waals surface area contributed by atoms with Gasteiger partial charge in [0, 0.05) is 10.8 Å². The third kappa shape index (κ3) is 4.58. The van der Waals surface area contributed by atoms with Gasteiger partial charge in [-0.2, -0.15) is 0 Å². The maximum atomic E-state index is 10.1. The molecule has 0 unspecified atom stereocenters. The second-order valence-corrected chi connectivity index (χ2v) is 12.5. The van der Waals surface area contributed by atoms with E-state index in [-0.39, 0.29) is 16.5 Å². The average molecular weight is 692 g/mol. The molecule has 1 nitrogen and oxygen atoms in total. The summed E-state index contributed by atoms with van der Waals surface area (Å²) in [5, 5.41) is -0.0455. The topological polar surface area (TPSA) is 13.1 Å². The van der Waals surface area contributed by atoms with Crippen molar-refractivity contribution < 1.29 is 30.5 Å². The first-order chi connectivity index (χ1) is 34.2. The van der Waals surface area contributed by atoms with Gasteiger partial charge in [-0.3, -0.25) is 0 Å². The van der Waals surface area contributed by atoms with Crippen LogP contribution in [0.4, 0.5) is 0 Å². The fourth-order valence-corrected chi connectivity index (χ4v) is 7.50. The predicted octanol–water partition coefficient (Wildman–Crippen LogP) is 14.9. The summed E-state index contributed by atoms with van der Waals surface area (Å²) in [6.07, 6.45) is 0. The van der Waals surface area contributed by atoms with Gasteiger partial charge in [0.05, 0.1) is 26.0 Å². The minimum absolute atomic E-state index is 0.138. The van der Waals surface area contributed by atoms with E-state index in [0.29, 0.717) is 21.9 Å². The van der Waals surface area contributed by atoms with Crippen molar-refractivity contribution in [3.8, 4) is 44.5 Å². The van der Waals surface area contributed by atoms with Gasteiger partial charge in [-0.25, -0.2) is 0 Å². The Labute approximate surface area is 333 Å². The van der Waals surface area contributed by atoms with Gasteiger partial charge in [-0.1, -0.05) is 175 Å². The molecule has 0 saturated heterocycles. The zero-order valence-electron chi connectivity index (χ0n) is 46.4. The summed E-state index contributed by atoms with van der Waals surface area (Å²) in [6, 6.07) is 8.75. The van der Waals surface area contributed by atoms with Gasteiger partial charge < -0.3 is 4.42 Å². The van der Waals surface area contributed by atoms with Crippen LogP contribution in [0.5, 0.6) is 0 Å².